The van der Waals surface area contributed by atoms with E-state index in [2.05, 4.69) is 23.2 Å². The Labute approximate surface area is 169 Å². The molecule has 5 nitrogen and oxygen atoms in total. The van der Waals surface area contributed by atoms with Crippen molar-refractivity contribution in [3.05, 3.63) is 23.3 Å². The highest BCUT2D eigenvalue weighted by Gasteiger charge is 2.41. The first kappa shape index (κ1) is 19.0. The number of hydrogen-bond acceptors (Lipinski definition) is 5. The number of aryl methyl sites for hydroxylation is 1. The summed E-state index contributed by atoms with van der Waals surface area (Å²) in [4.78, 5) is 12.5. The van der Waals surface area contributed by atoms with Crippen LogP contribution in [0.2, 0.25) is 0 Å². The van der Waals surface area contributed by atoms with Crippen LogP contribution in [-0.2, 0) is 4.74 Å². The minimum atomic E-state index is 0.606. The average molecular weight is 385 g/mol. The molecule has 5 fully saturated rings. The van der Waals surface area contributed by atoms with E-state index in [-0.39, 0.29) is 0 Å². The number of hydrogen-bond donors (Lipinski definition) is 1. The van der Waals surface area contributed by atoms with Gasteiger partial charge in [-0.05, 0) is 64.0 Å². The lowest BCUT2D eigenvalue weighted by molar-refractivity contribution is 0.0234. The predicted molar refractivity (Wildman–Crippen MR) is 111 cm³/mol. The molecule has 1 aromatic heterocycles. The van der Waals surface area contributed by atoms with Crippen LogP contribution in [0, 0.1) is 12.8 Å². The van der Waals surface area contributed by atoms with Crippen LogP contribution in [0.3, 0.4) is 0 Å². The second kappa shape index (κ2) is 8.37. The van der Waals surface area contributed by atoms with Crippen molar-refractivity contribution >= 4 is 0 Å². The molecule has 1 aromatic rings. The maximum atomic E-state index is 5.50. The molecule has 28 heavy (non-hydrogen) atoms. The third kappa shape index (κ3) is 3.99. The van der Waals surface area contributed by atoms with Gasteiger partial charge in [-0.25, -0.2) is 9.97 Å². The fraction of sp³-hybridized carbons (Fsp3) is 0.826. The molecule has 6 rings (SSSR count). The summed E-state index contributed by atoms with van der Waals surface area (Å²) in [6, 6.07) is 3.74. The van der Waals surface area contributed by atoms with Crippen molar-refractivity contribution in [1.82, 2.24) is 20.2 Å². The Morgan fingerprint density at radius 2 is 1.86 bits per heavy atom. The molecule has 1 aliphatic carbocycles. The summed E-state index contributed by atoms with van der Waals surface area (Å²) in [5.74, 6) is 3.05. The molecule has 5 heterocycles. The maximum Gasteiger partial charge on any atom is 0.125 e. The average Bonchev–Trinajstić information content (AvgIpc) is 3.28. The number of piperidine rings is 3. The molecule has 5 aliphatic rings. The van der Waals surface area contributed by atoms with E-state index >= 15 is 0 Å². The molecule has 0 amide bonds. The van der Waals surface area contributed by atoms with Gasteiger partial charge in [-0.3, -0.25) is 4.90 Å². The molecule has 4 saturated heterocycles. The van der Waals surface area contributed by atoms with Crippen molar-refractivity contribution in [3.8, 4) is 0 Å². The number of nitrogens with one attached hydrogen (secondary N) is 1. The minimum absolute atomic E-state index is 0.606. The van der Waals surface area contributed by atoms with E-state index in [1.165, 1.54) is 75.8 Å². The maximum absolute atomic E-state index is 5.50. The highest BCUT2D eigenvalue weighted by molar-refractivity contribution is 5.22. The molecule has 4 atom stereocenters. The first-order chi connectivity index (χ1) is 13.8. The Morgan fingerprint density at radius 1 is 1.07 bits per heavy atom. The fourth-order valence-electron chi connectivity index (χ4n) is 6.13. The first-order valence-electron chi connectivity index (χ1n) is 11.7. The van der Waals surface area contributed by atoms with Gasteiger partial charge in [0.15, 0.2) is 0 Å². The van der Waals surface area contributed by atoms with Crippen molar-refractivity contribution in [1.29, 1.82) is 0 Å². The van der Waals surface area contributed by atoms with Crippen LogP contribution in [0.25, 0.3) is 0 Å². The van der Waals surface area contributed by atoms with Crippen molar-refractivity contribution in [2.45, 2.75) is 82.2 Å². The molecular formula is C23H36N4O. The van der Waals surface area contributed by atoms with E-state index in [1.54, 1.807) is 0 Å². The van der Waals surface area contributed by atoms with E-state index in [4.69, 9.17) is 14.7 Å². The summed E-state index contributed by atoms with van der Waals surface area (Å²) in [6.07, 6.45) is 10.4. The SMILES string of the molecule is Cc1nc(C2CCCC2)cc([C@H]2CN3CC[C@H]2C[C@@H]3CNC2CCOCC2)n1. The van der Waals surface area contributed by atoms with Gasteiger partial charge in [0, 0.05) is 61.6 Å². The molecule has 154 valence electrons. The fourth-order valence-corrected chi connectivity index (χ4v) is 6.13. The van der Waals surface area contributed by atoms with Gasteiger partial charge in [0.1, 0.15) is 5.82 Å². The molecular weight excluding hydrogens is 348 g/mol. The van der Waals surface area contributed by atoms with Crippen molar-refractivity contribution in [3.63, 3.8) is 0 Å². The quantitative estimate of drug-likeness (QED) is 0.843. The molecule has 5 heteroatoms. The van der Waals surface area contributed by atoms with E-state index in [0.29, 0.717) is 23.9 Å². The minimum Gasteiger partial charge on any atom is -0.381 e. The van der Waals surface area contributed by atoms with Gasteiger partial charge in [0.25, 0.3) is 0 Å². The number of rotatable bonds is 5. The zero-order valence-corrected chi connectivity index (χ0v) is 17.4. The van der Waals surface area contributed by atoms with Gasteiger partial charge in [-0.1, -0.05) is 12.8 Å². The molecule has 1 N–H and O–H groups in total. The first-order valence-corrected chi connectivity index (χ1v) is 11.7. The van der Waals surface area contributed by atoms with E-state index in [1.807, 2.05) is 0 Å². The number of ether oxygens (including phenoxy) is 1. The van der Waals surface area contributed by atoms with Gasteiger partial charge >= 0.3 is 0 Å². The highest BCUT2D eigenvalue weighted by atomic mass is 16.5. The van der Waals surface area contributed by atoms with Gasteiger partial charge in [0.05, 0.1) is 0 Å². The molecule has 1 saturated carbocycles. The molecule has 4 aliphatic heterocycles. The van der Waals surface area contributed by atoms with Crippen molar-refractivity contribution in [2.75, 3.05) is 32.8 Å². The molecule has 0 aromatic carbocycles. The second-order valence-electron chi connectivity index (χ2n) is 9.58. The third-order valence-electron chi connectivity index (χ3n) is 7.77. The van der Waals surface area contributed by atoms with Gasteiger partial charge in [-0.2, -0.15) is 0 Å². The topological polar surface area (TPSA) is 50.3 Å². The Morgan fingerprint density at radius 3 is 2.61 bits per heavy atom. The largest absolute Gasteiger partial charge is 0.381 e. The number of aromatic nitrogens is 2. The van der Waals surface area contributed by atoms with Gasteiger partial charge in [-0.15, -0.1) is 0 Å². The molecule has 0 spiro atoms. The van der Waals surface area contributed by atoms with Crippen LogP contribution in [0.4, 0.5) is 0 Å². The number of fused-ring (bicyclic) bond motifs is 3. The molecule has 1 unspecified atom stereocenters. The predicted octanol–water partition coefficient (Wildman–Crippen LogP) is 3.39. The van der Waals surface area contributed by atoms with Crippen LogP contribution in [0.1, 0.15) is 80.4 Å². The van der Waals surface area contributed by atoms with Crippen LogP contribution >= 0.6 is 0 Å². The highest BCUT2D eigenvalue weighted by Crippen LogP contribution is 2.42. The lowest BCUT2D eigenvalue weighted by Crippen LogP contribution is -2.56. The second-order valence-corrected chi connectivity index (χ2v) is 9.58. The van der Waals surface area contributed by atoms with Crippen molar-refractivity contribution < 1.29 is 4.74 Å². The lowest BCUT2D eigenvalue weighted by atomic mass is 9.74. The Bertz CT molecular complexity index is 669. The zero-order valence-electron chi connectivity index (χ0n) is 17.4. The van der Waals surface area contributed by atoms with Gasteiger partial charge < -0.3 is 10.1 Å². The Kier molecular flexibility index (Phi) is 5.67. The standard InChI is InChI=1S/C23H36N4O/c1-16-25-22(17-4-2-3-5-17)13-23(26-16)21-15-27-9-6-18(21)12-20(27)14-24-19-7-10-28-11-8-19/h13,17-21,24H,2-12,14-15H2,1H3/t18-,20+,21-/m0/s1. The summed E-state index contributed by atoms with van der Waals surface area (Å²) < 4.78 is 5.50. The van der Waals surface area contributed by atoms with E-state index < -0.39 is 0 Å². The summed E-state index contributed by atoms with van der Waals surface area (Å²) >= 11 is 0. The van der Waals surface area contributed by atoms with E-state index in [0.717, 1.165) is 31.5 Å². The van der Waals surface area contributed by atoms with Gasteiger partial charge in [0.2, 0.25) is 0 Å². The zero-order chi connectivity index (χ0) is 18.9. The van der Waals surface area contributed by atoms with Crippen LogP contribution in [-0.4, -0.2) is 59.8 Å². The summed E-state index contributed by atoms with van der Waals surface area (Å²) in [7, 11) is 0. The smallest absolute Gasteiger partial charge is 0.125 e. The monoisotopic (exact) mass is 384 g/mol. The summed E-state index contributed by atoms with van der Waals surface area (Å²) in [6.45, 7) is 7.53. The Balaban J connectivity index is 1.25. The van der Waals surface area contributed by atoms with E-state index in [9.17, 15) is 0 Å². The number of nitrogens with zero attached hydrogens (tertiary/aromatic N) is 3. The third-order valence-corrected chi connectivity index (χ3v) is 7.77. The van der Waals surface area contributed by atoms with Crippen molar-refractivity contribution in [2.24, 2.45) is 5.92 Å². The Hall–Kier alpha value is -1.04. The summed E-state index contributed by atoms with van der Waals surface area (Å²) in [5, 5.41) is 3.84. The van der Waals surface area contributed by atoms with Crippen LogP contribution in [0.15, 0.2) is 6.07 Å². The summed E-state index contributed by atoms with van der Waals surface area (Å²) in [5.41, 5.74) is 2.66. The van der Waals surface area contributed by atoms with Crippen LogP contribution in [0.5, 0.6) is 0 Å². The normalized spacial score (nSPS) is 34.2. The van der Waals surface area contributed by atoms with Crippen LogP contribution < -0.4 is 5.32 Å². The molecule has 0 radical (unpaired) electrons. The lowest BCUT2D eigenvalue weighted by Gasteiger charge is -2.50. The molecule has 2 bridgehead atoms.